The molecule has 0 bridgehead atoms. The van der Waals surface area contributed by atoms with Gasteiger partial charge in [0.25, 0.3) is 0 Å². The van der Waals surface area contributed by atoms with E-state index in [1.807, 2.05) is 6.07 Å². The third kappa shape index (κ3) is 4.95. The van der Waals surface area contributed by atoms with E-state index in [1.54, 1.807) is 32.2 Å². The average Bonchev–Trinajstić information content (AvgIpc) is 2.60. The molecule has 1 saturated heterocycles. The summed E-state index contributed by atoms with van der Waals surface area (Å²) >= 11 is 5.96. The zero-order chi connectivity index (χ0) is 18.6. The number of benzene rings is 1. The van der Waals surface area contributed by atoms with Crippen LogP contribution in [0.5, 0.6) is 0 Å². The molecule has 2 rings (SSSR count). The number of carboxylic acids is 1. The average molecular weight is 367 g/mol. The highest BCUT2D eigenvalue weighted by molar-refractivity contribution is 6.30. The number of amides is 2. The second kappa shape index (κ2) is 8.34. The van der Waals surface area contributed by atoms with Crippen LogP contribution in [0.25, 0.3) is 0 Å². The first-order valence-electron chi connectivity index (χ1n) is 8.30. The molecule has 0 aliphatic carbocycles. The quantitative estimate of drug-likeness (QED) is 0.866. The third-order valence-corrected chi connectivity index (χ3v) is 4.83. The summed E-state index contributed by atoms with van der Waals surface area (Å²) in [5, 5.41) is 9.68. The molecular formula is C18H23ClN2O4. The molecule has 6 nitrogen and oxygen atoms in total. The molecule has 0 saturated carbocycles. The number of carbonyl (C=O) groups is 3. The molecule has 0 aromatic heterocycles. The molecule has 7 heteroatoms. The fraction of sp³-hybridized carbons (Fsp3) is 0.500. The Balaban J connectivity index is 1.96. The van der Waals surface area contributed by atoms with Crippen LogP contribution in [-0.4, -0.2) is 59.4 Å². The summed E-state index contributed by atoms with van der Waals surface area (Å²) in [6.45, 7) is 2.46. The Hall–Kier alpha value is -2.08. The topological polar surface area (TPSA) is 77.9 Å². The van der Waals surface area contributed by atoms with Gasteiger partial charge in [0.05, 0.1) is 18.4 Å². The molecule has 1 aromatic rings. The van der Waals surface area contributed by atoms with Crippen LogP contribution in [0.15, 0.2) is 24.3 Å². The highest BCUT2D eigenvalue weighted by atomic mass is 35.5. The summed E-state index contributed by atoms with van der Waals surface area (Å²) in [7, 11) is 1.58. The number of likely N-dealkylation sites (N-methyl/N-ethyl adjacent to an activating group) is 1. The van der Waals surface area contributed by atoms with E-state index < -0.39 is 17.8 Å². The number of hydrogen-bond acceptors (Lipinski definition) is 3. The smallest absolute Gasteiger partial charge is 0.308 e. The molecule has 1 N–H and O–H groups in total. The minimum atomic E-state index is -0.878. The van der Waals surface area contributed by atoms with Crippen molar-refractivity contribution in [2.75, 3.05) is 26.7 Å². The van der Waals surface area contributed by atoms with Crippen LogP contribution in [0.2, 0.25) is 5.02 Å². The number of nitrogens with zero attached hydrogens (tertiary/aromatic N) is 2. The Bertz CT molecular complexity index is 664. The molecule has 1 fully saturated rings. The highest BCUT2D eigenvalue weighted by Gasteiger charge is 2.29. The highest BCUT2D eigenvalue weighted by Crippen LogP contribution is 2.21. The molecule has 1 aliphatic rings. The molecule has 1 aromatic carbocycles. The summed E-state index contributed by atoms with van der Waals surface area (Å²) in [6, 6.07) is 7.09. The van der Waals surface area contributed by atoms with Gasteiger partial charge in [0.2, 0.25) is 11.8 Å². The van der Waals surface area contributed by atoms with Gasteiger partial charge < -0.3 is 14.9 Å². The second-order valence-corrected chi connectivity index (χ2v) is 6.92. The molecule has 0 spiro atoms. The van der Waals surface area contributed by atoms with Crippen LogP contribution in [0.3, 0.4) is 0 Å². The number of halogens is 1. The van der Waals surface area contributed by atoms with Crippen molar-refractivity contribution in [1.82, 2.24) is 9.80 Å². The van der Waals surface area contributed by atoms with Gasteiger partial charge in [0, 0.05) is 25.2 Å². The first kappa shape index (κ1) is 19.2. The minimum Gasteiger partial charge on any atom is -0.481 e. The van der Waals surface area contributed by atoms with E-state index in [4.69, 9.17) is 16.7 Å². The zero-order valence-electron chi connectivity index (χ0n) is 14.4. The van der Waals surface area contributed by atoms with E-state index in [9.17, 15) is 14.4 Å². The maximum Gasteiger partial charge on any atom is 0.308 e. The van der Waals surface area contributed by atoms with Crippen LogP contribution in [-0.2, 0) is 14.4 Å². The monoisotopic (exact) mass is 366 g/mol. The molecule has 2 amide bonds. The number of aliphatic carboxylic acids is 1. The SMILES string of the molecule is CC(C(=O)N(C)CC(=O)N1CCCC(C(=O)O)C1)c1cccc(Cl)c1. The number of piperidine rings is 1. The summed E-state index contributed by atoms with van der Waals surface area (Å²) in [6.07, 6.45) is 1.25. The first-order valence-corrected chi connectivity index (χ1v) is 8.68. The standard InChI is InChI=1S/C18H23ClN2O4/c1-12(13-5-3-7-15(19)9-13)17(23)20(2)11-16(22)21-8-4-6-14(10-21)18(24)25/h3,5,7,9,12,14H,4,6,8,10-11H2,1-2H3,(H,24,25). The lowest BCUT2D eigenvalue weighted by atomic mass is 9.98. The van der Waals surface area contributed by atoms with Gasteiger partial charge in [0.15, 0.2) is 0 Å². The van der Waals surface area contributed by atoms with Crippen molar-refractivity contribution in [1.29, 1.82) is 0 Å². The van der Waals surface area contributed by atoms with Gasteiger partial charge in [-0.15, -0.1) is 0 Å². The molecule has 136 valence electrons. The molecule has 1 aliphatic heterocycles. The Labute approximate surface area is 152 Å². The number of carbonyl (C=O) groups excluding carboxylic acids is 2. The summed E-state index contributed by atoms with van der Waals surface area (Å²) in [5.74, 6) is -2.22. The van der Waals surface area contributed by atoms with E-state index in [0.717, 1.165) is 5.56 Å². The van der Waals surface area contributed by atoms with Crippen LogP contribution >= 0.6 is 11.6 Å². The fourth-order valence-electron chi connectivity index (χ4n) is 3.04. The Morgan fingerprint density at radius 1 is 1.40 bits per heavy atom. The van der Waals surface area contributed by atoms with Gasteiger partial charge >= 0.3 is 5.97 Å². The first-order chi connectivity index (χ1) is 11.8. The van der Waals surface area contributed by atoms with Gasteiger partial charge in [-0.1, -0.05) is 23.7 Å². The fourth-order valence-corrected chi connectivity index (χ4v) is 3.23. The maximum absolute atomic E-state index is 12.6. The van der Waals surface area contributed by atoms with Crippen LogP contribution in [0.4, 0.5) is 0 Å². The second-order valence-electron chi connectivity index (χ2n) is 6.49. The van der Waals surface area contributed by atoms with Crippen molar-refractivity contribution in [2.45, 2.75) is 25.7 Å². The summed E-state index contributed by atoms with van der Waals surface area (Å²) < 4.78 is 0. The third-order valence-electron chi connectivity index (χ3n) is 4.59. The van der Waals surface area contributed by atoms with Crippen molar-refractivity contribution < 1.29 is 19.5 Å². The van der Waals surface area contributed by atoms with Gasteiger partial charge in [0.1, 0.15) is 0 Å². The van der Waals surface area contributed by atoms with Crippen LogP contribution < -0.4 is 0 Å². The molecular weight excluding hydrogens is 344 g/mol. The van der Waals surface area contributed by atoms with Gasteiger partial charge in [-0.05, 0) is 37.5 Å². The van der Waals surface area contributed by atoms with Gasteiger partial charge in [-0.3, -0.25) is 14.4 Å². The van der Waals surface area contributed by atoms with Gasteiger partial charge in [-0.2, -0.15) is 0 Å². The van der Waals surface area contributed by atoms with E-state index in [-0.39, 0.29) is 24.9 Å². The van der Waals surface area contributed by atoms with Crippen molar-refractivity contribution in [3.05, 3.63) is 34.9 Å². The zero-order valence-corrected chi connectivity index (χ0v) is 15.2. The Morgan fingerprint density at radius 3 is 2.76 bits per heavy atom. The lowest BCUT2D eigenvalue weighted by molar-refractivity contribution is -0.147. The molecule has 2 atom stereocenters. The number of carboxylic acid groups (broad SMARTS) is 1. The van der Waals surface area contributed by atoms with Crippen molar-refractivity contribution in [3.8, 4) is 0 Å². The lowest BCUT2D eigenvalue weighted by Crippen LogP contribution is -2.47. The van der Waals surface area contributed by atoms with E-state index in [0.29, 0.717) is 24.4 Å². The summed E-state index contributed by atoms with van der Waals surface area (Å²) in [5.41, 5.74) is 0.792. The van der Waals surface area contributed by atoms with Crippen molar-refractivity contribution >= 4 is 29.4 Å². The van der Waals surface area contributed by atoms with Crippen LogP contribution in [0, 0.1) is 5.92 Å². The molecule has 1 heterocycles. The predicted molar refractivity (Wildman–Crippen MR) is 94.4 cm³/mol. The normalized spacial score (nSPS) is 18.5. The van der Waals surface area contributed by atoms with Crippen molar-refractivity contribution in [3.63, 3.8) is 0 Å². The number of likely N-dealkylation sites (tertiary alicyclic amines) is 1. The Morgan fingerprint density at radius 2 is 2.12 bits per heavy atom. The molecule has 0 radical (unpaired) electrons. The van der Waals surface area contributed by atoms with E-state index >= 15 is 0 Å². The number of rotatable bonds is 5. The largest absolute Gasteiger partial charge is 0.481 e. The lowest BCUT2D eigenvalue weighted by Gasteiger charge is -2.32. The summed E-state index contributed by atoms with van der Waals surface area (Å²) in [4.78, 5) is 39.0. The van der Waals surface area contributed by atoms with E-state index in [2.05, 4.69) is 0 Å². The van der Waals surface area contributed by atoms with Crippen molar-refractivity contribution in [2.24, 2.45) is 5.92 Å². The van der Waals surface area contributed by atoms with Crippen LogP contribution in [0.1, 0.15) is 31.2 Å². The van der Waals surface area contributed by atoms with Gasteiger partial charge in [-0.25, -0.2) is 0 Å². The minimum absolute atomic E-state index is 0.0594. The molecule has 25 heavy (non-hydrogen) atoms. The van der Waals surface area contributed by atoms with E-state index in [1.165, 1.54) is 9.80 Å². The molecule has 2 unspecified atom stereocenters. The number of hydrogen-bond donors (Lipinski definition) is 1. The maximum atomic E-state index is 12.6. The predicted octanol–water partition coefficient (Wildman–Crippen LogP) is 2.23. The Kier molecular flexibility index (Phi) is 6.42.